The molecule has 0 N–H and O–H groups in total. The second-order valence-corrected chi connectivity index (χ2v) is 4.98. The molecule has 15 heavy (non-hydrogen) atoms. The Balaban J connectivity index is 2.31. The van der Waals surface area contributed by atoms with Gasteiger partial charge in [0.05, 0.1) is 5.69 Å². The number of benzene rings is 1. The molecular weight excluding hydrogens is 182 g/mol. The molecule has 0 unspecified atom stereocenters. The lowest BCUT2D eigenvalue weighted by Gasteiger charge is -2.07. The number of hydrogen-bond acceptors (Lipinski definition) is 1. The van der Waals surface area contributed by atoms with Crippen molar-refractivity contribution >= 4 is 11.4 Å². The van der Waals surface area contributed by atoms with E-state index in [1.54, 1.807) is 0 Å². The van der Waals surface area contributed by atoms with Crippen molar-refractivity contribution in [2.75, 3.05) is 0 Å². The summed E-state index contributed by atoms with van der Waals surface area (Å²) >= 11 is 0. The number of hydrogen-bond donors (Lipinski definition) is 0. The van der Waals surface area contributed by atoms with Crippen LogP contribution in [0.25, 0.3) is 0 Å². The van der Waals surface area contributed by atoms with Crippen molar-refractivity contribution < 1.29 is 0 Å². The van der Waals surface area contributed by atoms with Crippen LogP contribution in [0, 0.1) is 5.92 Å². The summed E-state index contributed by atoms with van der Waals surface area (Å²) in [5, 5.41) is 0. The standard InChI is InChI=1S/C14H19N/c1-9(2)11-5-6-13-12(7-11)8-14(15-13)10(3)4/h5-7,9-10H,8H2,1-4H3. The van der Waals surface area contributed by atoms with Crippen molar-refractivity contribution in [1.29, 1.82) is 0 Å². The molecule has 0 saturated heterocycles. The van der Waals surface area contributed by atoms with Crippen LogP contribution in [0.3, 0.4) is 0 Å². The van der Waals surface area contributed by atoms with Crippen LogP contribution < -0.4 is 0 Å². The maximum atomic E-state index is 4.67. The van der Waals surface area contributed by atoms with E-state index in [0.717, 1.165) is 6.42 Å². The van der Waals surface area contributed by atoms with Gasteiger partial charge in [-0.05, 0) is 29.0 Å². The van der Waals surface area contributed by atoms with Crippen LogP contribution in [0.1, 0.15) is 44.7 Å². The van der Waals surface area contributed by atoms with Crippen LogP contribution in [0.4, 0.5) is 5.69 Å². The van der Waals surface area contributed by atoms with Crippen molar-refractivity contribution in [3.05, 3.63) is 29.3 Å². The van der Waals surface area contributed by atoms with Crippen molar-refractivity contribution in [2.24, 2.45) is 10.9 Å². The lowest BCUT2D eigenvalue weighted by molar-refractivity contribution is 0.861. The van der Waals surface area contributed by atoms with E-state index in [1.165, 1.54) is 22.5 Å². The Morgan fingerprint density at radius 2 is 1.80 bits per heavy atom. The van der Waals surface area contributed by atoms with Crippen LogP contribution in [-0.2, 0) is 6.42 Å². The molecule has 1 nitrogen and oxygen atoms in total. The van der Waals surface area contributed by atoms with E-state index in [-0.39, 0.29) is 0 Å². The number of nitrogens with zero attached hydrogens (tertiary/aromatic N) is 1. The Bertz CT molecular complexity index is 400. The van der Waals surface area contributed by atoms with Crippen molar-refractivity contribution in [1.82, 2.24) is 0 Å². The molecule has 1 heterocycles. The third-order valence-electron chi connectivity index (χ3n) is 3.07. The molecule has 1 aliphatic heterocycles. The van der Waals surface area contributed by atoms with E-state index in [0.29, 0.717) is 11.8 Å². The third kappa shape index (κ3) is 1.97. The molecule has 0 amide bonds. The molecule has 0 saturated carbocycles. The Labute approximate surface area is 92.2 Å². The first-order valence-corrected chi connectivity index (χ1v) is 5.78. The van der Waals surface area contributed by atoms with Crippen LogP contribution >= 0.6 is 0 Å². The van der Waals surface area contributed by atoms with Gasteiger partial charge >= 0.3 is 0 Å². The highest BCUT2D eigenvalue weighted by Gasteiger charge is 2.17. The first-order valence-electron chi connectivity index (χ1n) is 5.78. The van der Waals surface area contributed by atoms with Gasteiger partial charge in [0.15, 0.2) is 0 Å². The van der Waals surface area contributed by atoms with E-state index in [1.807, 2.05) is 0 Å². The average Bonchev–Trinajstić information content (AvgIpc) is 2.59. The minimum absolute atomic E-state index is 0.569. The van der Waals surface area contributed by atoms with Gasteiger partial charge in [0.1, 0.15) is 0 Å². The van der Waals surface area contributed by atoms with E-state index in [4.69, 9.17) is 0 Å². The predicted octanol–water partition coefficient (Wildman–Crippen LogP) is 4.09. The summed E-state index contributed by atoms with van der Waals surface area (Å²) in [7, 11) is 0. The summed E-state index contributed by atoms with van der Waals surface area (Å²) in [5.74, 6) is 1.18. The zero-order chi connectivity index (χ0) is 11.0. The third-order valence-corrected chi connectivity index (χ3v) is 3.07. The molecule has 0 fully saturated rings. The molecule has 2 rings (SSSR count). The minimum atomic E-state index is 0.569. The Kier molecular flexibility index (Phi) is 2.64. The van der Waals surface area contributed by atoms with Crippen LogP contribution in [-0.4, -0.2) is 5.71 Å². The van der Waals surface area contributed by atoms with Crippen molar-refractivity contribution in [3.8, 4) is 0 Å². The summed E-state index contributed by atoms with van der Waals surface area (Å²) in [6, 6.07) is 6.69. The van der Waals surface area contributed by atoms with Gasteiger partial charge in [0.25, 0.3) is 0 Å². The quantitative estimate of drug-likeness (QED) is 0.683. The molecule has 0 aliphatic carbocycles. The zero-order valence-corrected chi connectivity index (χ0v) is 10.0. The fourth-order valence-corrected chi connectivity index (χ4v) is 1.94. The van der Waals surface area contributed by atoms with Crippen molar-refractivity contribution in [2.45, 2.75) is 40.0 Å². The molecule has 0 atom stereocenters. The minimum Gasteiger partial charge on any atom is -0.257 e. The summed E-state index contributed by atoms with van der Waals surface area (Å²) in [6.45, 7) is 8.91. The maximum absolute atomic E-state index is 4.67. The van der Waals surface area contributed by atoms with E-state index >= 15 is 0 Å². The smallest absolute Gasteiger partial charge is 0.0665 e. The van der Waals surface area contributed by atoms with Gasteiger partial charge in [-0.1, -0.05) is 39.8 Å². The molecule has 1 heteroatoms. The summed E-state index contributed by atoms with van der Waals surface area (Å²) < 4.78 is 0. The molecular formula is C14H19N. The summed E-state index contributed by atoms with van der Waals surface area (Å²) in [6.07, 6.45) is 1.05. The largest absolute Gasteiger partial charge is 0.257 e. The molecule has 0 bridgehead atoms. The Morgan fingerprint density at radius 3 is 2.40 bits per heavy atom. The summed E-state index contributed by atoms with van der Waals surface area (Å²) in [5.41, 5.74) is 5.34. The van der Waals surface area contributed by atoms with Gasteiger partial charge in [-0.3, -0.25) is 4.99 Å². The normalized spacial score (nSPS) is 14.7. The van der Waals surface area contributed by atoms with E-state index in [2.05, 4.69) is 50.9 Å². The number of aliphatic imine (C=N–C) groups is 1. The van der Waals surface area contributed by atoms with Gasteiger partial charge < -0.3 is 0 Å². The second-order valence-electron chi connectivity index (χ2n) is 4.98. The van der Waals surface area contributed by atoms with Crippen LogP contribution in [0.2, 0.25) is 0 Å². The Hall–Kier alpha value is -1.11. The molecule has 1 aromatic carbocycles. The van der Waals surface area contributed by atoms with Gasteiger partial charge in [-0.25, -0.2) is 0 Å². The lowest BCUT2D eigenvalue weighted by atomic mass is 9.97. The van der Waals surface area contributed by atoms with E-state index in [9.17, 15) is 0 Å². The molecule has 1 aliphatic rings. The van der Waals surface area contributed by atoms with Crippen LogP contribution in [0.15, 0.2) is 23.2 Å². The number of rotatable bonds is 2. The van der Waals surface area contributed by atoms with Crippen molar-refractivity contribution in [3.63, 3.8) is 0 Å². The molecule has 0 radical (unpaired) electrons. The van der Waals surface area contributed by atoms with Gasteiger partial charge in [-0.15, -0.1) is 0 Å². The number of fused-ring (bicyclic) bond motifs is 1. The molecule has 1 aromatic rings. The average molecular weight is 201 g/mol. The highest BCUT2D eigenvalue weighted by Crippen LogP contribution is 2.31. The fourth-order valence-electron chi connectivity index (χ4n) is 1.94. The highest BCUT2D eigenvalue weighted by atomic mass is 14.8. The fraction of sp³-hybridized carbons (Fsp3) is 0.500. The van der Waals surface area contributed by atoms with E-state index < -0.39 is 0 Å². The monoisotopic (exact) mass is 201 g/mol. The van der Waals surface area contributed by atoms with Gasteiger partial charge in [-0.2, -0.15) is 0 Å². The first kappa shape index (κ1) is 10.4. The second kappa shape index (κ2) is 3.80. The van der Waals surface area contributed by atoms with Crippen LogP contribution in [0.5, 0.6) is 0 Å². The Morgan fingerprint density at radius 1 is 1.07 bits per heavy atom. The molecule has 0 spiro atoms. The predicted molar refractivity (Wildman–Crippen MR) is 66.2 cm³/mol. The first-order chi connectivity index (χ1) is 7.08. The zero-order valence-electron chi connectivity index (χ0n) is 10.0. The maximum Gasteiger partial charge on any atom is 0.0665 e. The lowest BCUT2D eigenvalue weighted by Crippen LogP contribution is -2.06. The van der Waals surface area contributed by atoms with Gasteiger partial charge in [0, 0.05) is 12.1 Å². The SMILES string of the molecule is CC(C)C1=Nc2ccc(C(C)C)cc2C1. The molecule has 0 aromatic heterocycles. The highest BCUT2D eigenvalue weighted by molar-refractivity contribution is 5.95. The molecule has 80 valence electrons. The summed E-state index contributed by atoms with van der Waals surface area (Å²) in [4.78, 5) is 4.67. The van der Waals surface area contributed by atoms with Gasteiger partial charge in [0.2, 0.25) is 0 Å². The topological polar surface area (TPSA) is 12.4 Å².